The van der Waals surface area contributed by atoms with Gasteiger partial charge in [-0.1, -0.05) is 25.6 Å². The number of nitro benzene ring substituents is 1. The van der Waals surface area contributed by atoms with Gasteiger partial charge in [0.15, 0.2) is 17.1 Å². The van der Waals surface area contributed by atoms with Crippen molar-refractivity contribution < 1.29 is 19.2 Å². The molecule has 35 heavy (non-hydrogen) atoms. The lowest BCUT2D eigenvalue weighted by Crippen LogP contribution is -2.23. The Morgan fingerprint density at radius 1 is 1.06 bits per heavy atom. The Kier molecular flexibility index (Phi) is 8.69. The summed E-state index contributed by atoms with van der Waals surface area (Å²) in [7, 11) is 1.61. The molecule has 1 amide bonds. The Balaban J connectivity index is 1.71. The number of carbonyl (C=O) groups excluding carboxylic acids is 1. The summed E-state index contributed by atoms with van der Waals surface area (Å²) in [5, 5.41) is 22.4. The second-order valence-electron chi connectivity index (χ2n) is 8.33. The molecule has 0 bridgehead atoms. The smallest absolute Gasteiger partial charge is 0.269 e. The normalized spacial score (nSPS) is 12.7. The highest BCUT2D eigenvalue weighted by Crippen LogP contribution is 2.29. The molecule has 2 unspecified atom stereocenters. The van der Waals surface area contributed by atoms with E-state index in [1.807, 2.05) is 35.8 Å². The monoisotopic (exact) mass is 499 g/mol. The number of ether oxygens (including phenoxy) is 2. The van der Waals surface area contributed by atoms with E-state index in [0.29, 0.717) is 34.9 Å². The number of non-ortho nitro benzene ring substituents is 1. The summed E-state index contributed by atoms with van der Waals surface area (Å²) in [4.78, 5) is 23.1. The summed E-state index contributed by atoms with van der Waals surface area (Å²) in [5.41, 5.74) is 0.449. The number of thioether (sulfide) groups is 1. The largest absolute Gasteiger partial charge is 0.497 e. The fourth-order valence-corrected chi connectivity index (χ4v) is 4.12. The predicted octanol–water partition coefficient (Wildman–Crippen LogP) is 5.11. The van der Waals surface area contributed by atoms with Crippen LogP contribution in [0.2, 0.25) is 0 Å². The number of rotatable bonds is 11. The maximum atomic E-state index is 12.7. The first-order chi connectivity index (χ1) is 16.7. The Morgan fingerprint density at radius 3 is 2.26 bits per heavy atom. The van der Waals surface area contributed by atoms with E-state index in [0.717, 1.165) is 5.75 Å². The molecule has 1 heterocycles. The summed E-state index contributed by atoms with van der Waals surface area (Å²) < 4.78 is 13.3. The van der Waals surface area contributed by atoms with Crippen LogP contribution in [0.4, 0.5) is 11.4 Å². The van der Waals surface area contributed by atoms with Gasteiger partial charge in [-0.15, -0.1) is 10.2 Å². The van der Waals surface area contributed by atoms with Gasteiger partial charge in [0.05, 0.1) is 17.3 Å². The standard InChI is InChI=1S/C24H29N5O5S/c1-15(2)14-28-22(16(3)34-21-12-10-20(33-5)11-13-21)26-27-24(28)35-17(4)23(30)25-18-6-8-19(9-7-18)29(31)32/h6-13,15-17H,14H2,1-5H3,(H,25,30). The van der Waals surface area contributed by atoms with Gasteiger partial charge in [-0.3, -0.25) is 14.9 Å². The zero-order chi connectivity index (χ0) is 25.5. The second-order valence-corrected chi connectivity index (χ2v) is 9.64. The van der Waals surface area contributed by atoms with Crippen molar-refractivity contribution in [2.24, 2.45) is 5.92 Å². The van der Waals surface area contributed by atoms with Gasteiger partial charge in [0.1, 0.15) is 11.5 Å². The van der Waals surface area contributed by atoms with E-state index in [-0.39, 0.29) is 17.7 Å². The summed E-state index contributed by atoms with van der Waals surface area (Å²) in [5.74, 6) is 2.17. The number of nitrogens with one attached hydrogen (secondary N) is 1. The van der Waals surface area contributed by atoms with Crippen LogP contribution < -0.4 is 14.8 Å². The van der Waals surface area contributed by atoms with E-state index >= 15 is 0 Å². The van der Waals surface area contributed by atoms with Gasteiger partial charge in [0, 0.05) is 24.4 Å². The molecular formula is C24H29N5O5S. The molecule has 3 rings (SSSR count). The van der Waals surface area contributed by atoms with Crippen LogP contribution in [-0.2, 0) is 11.3 Å². The maximum absolute atomic E-state index is 12.7. The molecule has 1 N–H and O–H groups in total. The molecule has 2 aromatic carbocycles. The number of nitrogens with zero attached hydrogens (tertiary/aromatic N) is 4. The van der Waals surface area contributed by atoms with Crippen molar-refractivity contribution in [3.8, 4) is 11.5 Å². The highest BCUT2D eigenvalue weighted by atomic mass is 32.2. The highest BCUT2D eigenvalue weighted by Gasteiger charge is 2.24. The molecule has 3 aromatic rings. The number of benzene rings is 2. The van der Waals surface area contributed by atoms with Crippen LogP contribution in [-0.4, -0.2) is 38.0 Å². The number of anilines is 1. The minimum Gasteiger partial charge on any atom is -0.497 e. The molecule has 11 heteroatoms. The van der Waals surface area contributed by atoms with E-state index < -0.39 is 10.2 Å². The van der Waals surface area contributed by atoms with E-state index in [9.17, 15) is 14.9 Å². The van der Waals surface area contributed by atoms with Crippen LogP contribution in [0.3, 0.4) is 0 Å². The van der Waals surface area contributed by atoms with Crippen molar-refractivity contribution in [1.82, 2.24) is 14.8 Å². The maximum Gasteiger partial charge on any atom is 0.269 e. The van der Waals surface area contributed by atoms with Gasteiger partial charge >= 0.3 is 0 Å². The van der Waals surface area contributed by atoms with Gasteiger partial charge in [0.2, 0.25) is 5.91 Å². The molecule has 186 valence electrons. The molecule has 0 saturated heterocycles. The highest BCUT2D eigenvalue weighted by molar-refractivity contribution is 8.00. The number of hydrogen-bond acceptors (Lipinski definition) is 8. The zero-order valence-corrected chi connectivity index (χ0v) is 21.1. The fraction of sp³-hybridized carbons (Fsp3) is 0.375. The molecule has 0 aliphatic carbocycles. The van der Waals surface area contributed by atoms with Gasteiger partial charge in [0.25, 0.3) is 5.69 Å². The van der Waals surface area contributed by atoms with E-state index in [1.165, 1.54) is 36.0 Å². The first-order valence-electron chi connectivity index (χ1n) is 11.1. The molecule has 1 aromatic heterocycles. The lowest BCUT2D eigenvalue weighted by Gasteiger charge is -2.19. The van der Waals surface area contributed by atoms with Gasteiger partial charge in [-0.05, 0) is 56.2 Å². The summed E-state index contributed by atoms with van der Waals surface area (Å²) in [6, 6.07) is 13.0. The summed E-state index contributed by atoms with van der Waals surface area (Å²) >= 11 is 1.29. The van der Waals surface area contributed by atoms with Crippen molar-refractivity contribution in [2.45, 2.75) is 50.8 Å². The molecule has 2 atom stereocenters. The molecule has 0 spiro atoms. The van der Waals surface area contributed by atoms with Crippen LogP contribution in [0, 0.1) is 16.0 Å². The third kappa shape index (κ3) is 6.95. The number of hydrogen-bond donors (Lipinski definition) is 1. The Morgan fingerprint density at radius 2 is 1.69 bits per heavy atom. The number of aromatic nitrogens is 3. The predicted molar refractivity (Wildman–Crippen MR) is 134 cm³/mol. The lowest BCUT2D eigenvalue weighted by molar-refractivity contribution is -0.384. The topological polar surface area (TPSA) is 121 Å². The number of methoxy groups -OCH3 is 1. The van der Waals surface area contributed by atoms with Crippen molar-refractivity contribution in [2.75, 3.05) is 12.4 Å². The lowest BCUT2D eigenvalue weighted by atomic mass is 10.2. The van der Waals surface area contributed by atoms with Crippen LogP contribution in [0.25, 0.3) is 0 Å². The third-order valence-electron chi connectivity index (χ3n) is 5.03. The minimum absolute atomic E-state index is 0.0364. The van der Waals surface area contributed by atoms with Gasteiger partial charge in [-0.2, -0.15) is 0 Å². The van der Waals surface area contributed by atoms with E-state index in [4.69, 9.17) is 9.47 Å². The summed E-state index contributed by atoms with van der Waals surface area (Å²) in [6.45, 7) is 8.54. The second kappa shape index (κ2) is 11.7. The number of carbonyl (C=O) groups is 1. The quantitative estimate of drug-likeness (QED) is 0.219. The third-order valence-corrected chi connectivity index (χ3v) is 6.11. The SMILES string of the molecule is COc1ccc(OC(C)c2nnc(SC(C)C(=O)Nc3ccc([N+](=O)[O-])cc3)n2CC(C)C)cc1. The molecule has 0 radical (unpaired) electrons. The molecular weight excluding hydrogens is 470 g/mol. The Hall–Kier alpha value is -3.60. The van der Waals surface area contributed by atoms with E-state index in [2.05, 4.69) is 29.4 Å². The fourth-order valence-electron chi connectivity index (χ4n) is 3.26. The number of amides is 1. The van der Waals surface area contributed by atoms with Gasteiger partial charge in [-0.25, -0.2) is 0 Å². The van der Waals surface area contributed by atoms with E-state index in [1.54, 1.807) is 14.0 Å². The summed E-state index contributed by atoms with van der Waals surface area (Å²) in [6.07, 6.45) is -0.367. The Labute approximate surface area is 208 Å². The Bertz CT molecular complexity index is 1150. The van der Waals surface area contributed by atoms with Gasteiger partial charge < -0.3 is 19.4 Å². The first kappa shape index (κ1) is 26.0. The molecule has 0 fully saturated rings. The number of nitro groups is 1. The van der Waals surface area contributed by atoms with Crippen molar-refractivity contribution in [3.63, 3.8) is 0 Å². The molecule has 0 aliphatic rings. The van der Waals surface area contributed by atoms with Crippen molar-refractivity contribution >= 4 is 29.0 Å². The average Bonchev–Trinajstić information content (AvgIpc) is 3.21. The minimum atomic E-state index is -0.484. The van der Waals surface area contributed by atoms with Crippen molar-refractivity contribution in [1.29, 1.82) is 0 Å². The first-order valence-corrected chi connectivity index (χ1v) is 12.0. The van der Waals surface area contributed by atoms with Crippen LogP contribution >= 0.6 is 11.8 Å². The van der Waals surface area contributed by atoms with Crippen LogP contribution in [0.5, 0.6) is 11.5 Å². The van der Waals surface area contributed by atoms with Crippen molar-refractivity contribution in [3.05, 3.63) is 64.5 Å². The van der Waals surface area contributed by atoms with Crippen LogP contribution in [0.15, 0.2) is 53.7 Å². The molecule has 0 aliphatic heterocycles. The molecule has 10 nitrogen and oxygen atoms in total. The molecule has 0 saturated carbocycles. The zero-order valence-electron chi connectivity index (χ0n) is 20.3. The van der Waals surface area contributed by atoms with Crippen LogP contribution in [0.1, 0.15) is 39.6 Å². The average molecular weight is 500 g/mol.